The second-order valence-corrected chi connectivity index (χ2v) is 4.41. The first kappa shape index (κ1) is 9.97. The molecule has 0 heterocycles. The van der Waals surface area contributed by atoms with Gasteiger partial charge in [0.05, 0.1) is 0 Å². The van der Waals surface area contributed by atoms with Crippen LogP contribution in [0.25, 0.3) is 0 Å². The van der Waals surface area contributed by atoms with E-state index in [1.54, 1.807) is 0 Å². The molecule has 1 atom stereocenters. The quantitative estimate of drug-likeness (QED) is 0.737. The molecule has 0 aromatic heterocycles. The summed E-state index contributed by atoms with van der Waals surface area (Å²) in [5.41, 5.74) is 6.69. The van der Waals surface area contributed by atoms with Crippen molar-refractivity contribution in [3.05, 3.63) is 34.9 Å². The molecule has 0 bridgehead atoms. The van der Waals surface area contributed by atoms with Gasteiger partial charge in [0.15, 0.2) is 0 Å². The van der Waals surface area contributed by atoms with Crippen LogP contribution in [0, 0.1) is 5.92 Å². The van der Waals surface area contributed by atoms with Crippen molar-refractivity contribution in [1.29, 1.82) is 0 Å². The number of hydrogen-bond acceptors (Lipinski definition) is 2. The summed E-state index contributed by atoms with van der Waals surface area (Å²) in [6.45, 7) is 0. The predicted octanol–water partition coefficient (Wildman–Crippen LogP) is 2.11. The Bertz CT molecular complexity index is 304. The average Bonchev–Trinajstić information content (AvgIpc) is 2.05. The fourth-order valence-electron chi connectivity index (χ4n) is 1.95. The van der Waals surface area contributed by atoms with Crippen molar-refractivity contribution < 1.29 is 5.11 Å². The lowest BCUT2D eigenvalue weighted by atomic mass is 9.71. The van der Waals surface area contributed by atoms with Gasteiger partial charge in [-0.2, -0.15) is 0 Å². The summed E-state index contributed by atoms with van der Waals surface area (Å²) in [5, 5.41) is 9.90. The van der Waals surface area contributed by atoms with E-state index in [4.69, 9.17) is 22.4 Å². The van der Waals surface area contributed by atoms with Crippen LogP contribution >= 0.6 is 11.6 Å². The summed E-state index contributed by atoms with van der Waals surface area (Å²) in [4.78, 5) is 0. The normalized spacial score (nSPS) is 28.2. The third-order valence-electron chi connectivity index (χ3n) is 3.00. The van der Waals surface area contributed by atoms with Gasteiger partial charge < -0.3 is 10.8 Å². The summed E-state index contributed by atoms with van der Waals surface area (Å²) in [7, 11) is 0. The monoisotopic (exact) mass is 211 g/mol. The van der Waals surface area contributed by atoms with E-state index in [2.05, 4.69) is 0 Å². The lowest BCUT2D eigenvalue weighted by molar-refractivity contribution is 0.0547. The molecule has 1 aromatic rings. The molecule has 14 heavy (non-hydrogen) atoms. The number of aliphatic hydroxyl groups excluding tert-OH is 1. The van der Waals surface area contributed by atoms with E-state index in [1.807, 2.05) is 24.3 Å². The van der Waals surface area contributed by atoms with Gasteiger partial charge in [-0.05, 0) is 42.4 Å². The van der Waals surface area contributed by atoms with Crippen LogP contribution in [0.1, 0.15) is 24.3 Å². The predicted molar refractivity (Wildman–Crippen MR) is 57.1 cm³/mol. The molecule has 1 aliphatic rings. The molecule has 0 radical (unpaired) electrons. The van der Waals surface area contributed by atoms with Crippen molar-refractivity contribution in [3.8, 4) is 0 Å². The Labute approximate surface area is 88.7 Å². The topological polar surface area (TPSA) is 46.2 Å². The van der Waals surface area contributed by atoms with Gasteiger partial charge in [-0.25, -0.2) is 0 Å². The molecule has 1 aromatic carbocycles. The van der Waals surface area contributed by atoms with E-state index >= 15 is 0 Å². The first-order valence-electron chi connectivity index (χ1n) is 4.86. The van der Waals surface area contributed by atoms with Crippen LogP contribution in [0.4, 0.5) is 0 Å². The number of halogens is 1. The zero-order valence-corrected chi connectivity index (χ0v) is 8.61. The number of hydrogen-bond donors (Lipinski definition) is 2. The summed E-state index contributed by atoms with van der Waals surface area (Å²) in [5.74, 6) is 0.825. The zero-order chi connectivity index (χ0) is 10.1. The minimum atomic E-state index is -0.654. The van der Waals surface area contributed by atoms with Crippen molar-refractivity contribution >= 4 is 11.6 Å². The molecule has 1 unspecified atom stereocenters. The third-order valence-corrected chi connectivity index (χ3v) is 3.25. The fourth-order valence-corrected chi connectivity index (χ4v) is 2.07. The van der Waals surface area contributed by atoms with Gasteiger partial charge in [0.25, 0.3) is 0 Å². The van der Waals surface area contributed by atoms with E-state index in [0.717, 1.165) is 17.9 Å². The Morgan fingerprint density at radius 2 is 1.86 bits per heavy atom. The van der Waals surface area contributed by atoms with Crippen LogP contribution in [-0.2, 0) is 0 Å². The molecule has 0 aliphatic heterocycles. The molecule has 2 nitrogen and oxygen atoms in total. The fraction of sp³-hybridized carbons (Fsp3) is 0.455. The average molecular weight is 212 g/mol. The van der Waals surface area contributed by atoms with Crippen molar-refractivity contribution in [1.82, 2.24) is 0 Å². The molecule has 3 N–H and O–H groups in total. The van der Waals surface area contributed by atoms with E-state index < -0.39 is 6.23 Å². The van der Waals surface area contributed by atoms with Crippen molar-refractivity contribution in [2.45, 2.75) is 25.0 Å². The molecule has 3 heteroatoms. The van der Waals surface area contributed by atoms with Gasteiger partial charge in [0.2, 0.25) is 0 Å². The summed E-state index contributed by atoms with van der Waals surface area (Å²) in [6, 6.07) is 7.91. The maximum absolute atomic E-state index is 9.14. The zero-order valence-electron chi connectivity index (χ0n) is 7.86. The summed E-state index contributed by atoms with van der Waals surface area (Å²) in [6.07, 6.45) is 1.32. The highest BCUT2D eigenvalue weighted by atomic mass is 35.5. The Morgan fingerprint density at radius 3 is 2.36 bits per heavy atom. The van der Waals surface area contributed by atoms with E-state index in [-0.39, 0.29) is 5.92 Å². The van der Waals surface area contributed by atoms with E-state index in [1.165, 1.54) is 5.56 Å². The van der Waals surface area contributed by atoms with Crippen LogP contribution in [0.15, 0.2) is 24.3 Å². The van der Waals surface area contributed by atoms with Crippen molar-refractivity contribution in [2.75, 3.05) is 0 Å². The Morgan fingerprint density at radius 1 is 1.29 bits per heavy atom. The summed E-state index contributed by atoms with van der Waals surface area (Å²) < 4.78 is 0. The van der Waals surface area contributed by atoms with E-state index in [0.29, 0.717) is 5.92 Å². The Kier molecular flexibility index (Phi) is 2.77. The number of rotatable bonds is 2. The molecule has 2 rings (SSSR count). The molecular formula is C11H14ClNO. The van der Waals surface area contributed by atoms with Gasteiger partial charge >= 0.3 is 0 Å². The third kappa shape index (κ3) is 1.92. The maximum Gasteiger partial charge on any atom is 0.105 e. The van der Waals surface area contributed by atoms with Crippen LogP contribution in [0.2, 0.25) is 5.02 Å². The lowest BCUT2D eigenvalue weighted by Crippen LogP contribution is -2.37. The number of nitrogens with two attached hydrogens (primary N) is 1. The molecule has 0 saturated heterocycles. The first-order valence-corrected chi connectivity index (χ1v) is 5.23. The van der Waals surface area contributed by atoms with Gasteiger partial charge in [-0.3, -0.25) is 0 Å². The van der Waals surface area contributed by atoms with Crippen LogP contribution in [0.3, 0.4) is 0 Å². The van der Waals surface area contributed by atoms with Gasteiger partial charge in [0.1, 0.15) is 6.23 Å². The lowest BCUT2D eigenvalue weighted by Gasteiger charge is -2.37. The molecule has 1 aliphatic carbocycles. The smallest absolute Gasteiger partial charge is 0.105 e. The van der Waals surface area contributed by atoms with Crippen LogP contribution in [0.5, 0.6) is 0 Å². The Balaban J connectivity index is 1.96. The van der Waals surface area contributed by atoms with E-state index in [9.17, 15) is 0 Å². The highest BCUT2D eigenvalue weighted by molar-refractivity contribution is 6.30. The van der Waals surface area contributed by atoms with Crippen LogP contribution in [-0.4, -0.2) is 11.3 Å². The molecule has 76 valence electrons. The van der Waals surface area contributed by atoms with Gasteiger partial charge in [0, 0.05) is 5.02 Å². The molecular weight excluding hydrogens is 198 g/mol. The second kappa shape index (κ2) is 3.89. The van der Waals surface area contributed by atoms with Gasteiger partial charge in [-0.15, -0.1) is 0 Å². The number of aliphatic hydroxyl groups is 1. The SMILES string of the molecule is NC(O)C1CC(c2ccc(Cl)cc2)C1. The van der Waals surface area contributed by atoms with Gasteiger partial charge in [-0.1, -0.05) is 23.7 Å². The van der Waals surface area contributed by atoms with Crippen molar-refractivity contribution in [3.63, 3.8) is 0 Å². The molecule has 0 amide bonds. The standard InChI is InChI=1S/C11H14ClNO/c12-10-3-1-7(2-4-10)8-5-9(6-8)11(13)14/h1-4,8-9,11,14H,5-6,13H2. The highest BCUT2D eigenvalue weighted by Gasteiger charge is 2.33. The maximum atomic E-state index is 9.14. The van der Waals surface area contributed by atoms with Crippen molar-refractivity contribution in [2.24, 2.45) is 11.7 Å². The number of benzene rings is 1. The molecule has 0 spiro atoms. The van der Waals surface area contributed by atoms with Crippen LogP contribution < -0.4 is 5.73 Å². The molecule has 1 saturated carbocycles. The first-order chi connectivity index (χ1) is 6.66. The second-order valence-electron chi connectivity index (χ2n) is 3.97. The largest absolute Gasteiger partial charge is 0.379 e. The molecule has 1 fully saturated rings. The summed E-state index contributed by atoms with van der Waals surface area (Å²) >= 11 is 5.80. The Hall–Kier alpha value is -0.570. The minimum Gasteiger partial charge on any atom is -0.379 e. The minimum absolute atomic E-state index is 0.274. The highest BCUT2D eigenvalue weighted by Crippen LogP contribution is 2.42.